The molecule has 1 saturated heterocycles. The molecule has 1 aromatic carbocycles. The number of hydrogen-bond acceptors (Lipinski definition) is 4. The highest BCUT2D eigenvalue weighted by Crippen LogP contribution is 2.39. The summed E-state index contributed by atoms with van der Waals surface area (Å²) in [5.41, 5.74) is 15.0. The number of aromatic nitrogens is 4. The lowest BCUT2D eigenvalue weighted by Crippen LogP contribution is -2.45. The summed E-state index contributed by atoms with van der Waals surface area (Å²) >= 11 is 0. The Bertz CT molecular complexity index is 1380. The molecule has 0 unspecified atom stereocenters. The predicted molar refractivity (Wildman–Crippen MR) is 140 cm³/mol. The Morgan fingerprint density at radius 3 is 2.71 bits per heavy atom. The molecule has 0 aliphatic carbocycles. The highest BCUT2D eigenvalue weighted by atomic mass is 16.2. The van der Waals surface area contributed by atoms with Gasteiger partial charge in [-0.2, -0.15) is 5.10 Å². The van der Waals surface area contributed by atoms with Crippen molar-refractivity contribution in [3.63, 3.8) is 0 Å². The van der Waals surface area contributed by atoms with E-state index >= 15 is 0 Å². The van der Waals surface area contributed by atoms with E-state index in [4.69, 9.17) is 5.73 Å². The van der Waals surface area contributed by atoms with Crippen LogP contribution in [0.3, 0.4) is 0 Å². The van der Waals surface area contributed by atoms with E-state index in [2.05, 4.69) is 72.5 Å². The SMILES string of the molecule is Cc1c(-c2[nH]c3ccc(C4CCN(C(=O)NCCN)CC4)cc3c2C(C)C)cn2ncnc2c1C. The molecular weight excluding hydrogens is 438 g/mol. The number of piperidine rings is 1. The topological polar surface area (TPSA) is 104 Å². The van der Waals surface area contributed by atoms with Gasteiger partial charge in [-0.1, -0.05) is 19.9 Å². The van der Waals surface area contributed by atoms with Crippen LogP contribution in [0.1, 0.15) is 60.8 Å². The molecule has 4 heterocycles. The van der Waals surface area contributed by atoms with Gasteiger partial charge in [-0.3, -0.25) is 0 Å². The lowest BCUT2D eigenvalue weighted by Gasteiger charge is -2.32. The average Bonchev–Trinajstić information content (AvgIpc) is 3.49. The maximum atomic E-state index is 12.3. The normalized spacial score (nSPS) is 15.0. The number of fused-ring (bicyclic) bond motifs is 2. The molecule has 5 rings (SSSR count). The quantitative estimate of drug-likeness (QED) is 0.398. The van der Waals surface area contributed by atoms with Crippen LogP contribution in [0.15, 0.2) is 30.7 Å². The van der Waals surface area contributed by atoms with Crippen LogP contribution in [-0.2, 0) is 0 Å². The molecule has 8 heteroatoms. The first-order valence-electron chi connectivity index (χ1n) is 12.6. The highest BCUT2D eigenvalue weighted by molar-refractivity contribution is 5.92. The van der Waals surface area contributed by atoms with E-state index in [1.54, 1.807) is 6.33 Å². The Labute approximate surface area is 205 Å². The van der Waals surface area contributed by atoms with Crippen molar-refractivity contribution >= 4 is 22.6 Å². The van der Waals surface area contributed by atoms with Gasteiger partial charge in [-0.05, 0) is 72.9 Å². The zero-order valence-electron chi connectivity index (χ0n) is 21.1. The van der Waals surface area contributed by atoms with Crippen LogP contribution < -0.4 is 11.1 Å². The van der Waals surface area contributed by atoms with E-state index in [1.165, 1.54) is 27.6 Å². The van der Waals surface area contributed by atoms with Crippen molar-refractivity contribution in [1.29, 1.82) is 0 Å². The van der Waals surface area contributed by atoms with E-state index in [0.29, 0.717) is 24.9 Å². The summed E-state index contributed by atoms with van der Waals surface area (Å²) in [6.45, 7) is 11.3. The lowest BCUT2D eigenvalue weighted by molar-refractivity contribution is 0.181. The Morgan fingerprint density at radius 1 is 1.23 bits per heavy atom. The molecule has 0 bridgehead atoms. The van der Waals surface area contributed by atoms with Gasteiger partial charge >= 0.3 is 6.03 Å². The summed E-state index contributed by atoms with van der Waals surface area (Å²) in [6.07, 6.45) is 5.64. The smallest absolute Gasteiger partial charge is 0.317 e. The highest BCUT2D eigenvalue weighted by Gasteiger charge is 2.25. The van der Waals surface area contributed by atoms with Gasteiger partial charge in [-0.15, -0.1) is 0 Å². The number of H-pyrrole nitrogens is 1. The molecule has 4 N–H and O–H groups in total. The first-order chi connectivity index (χ1) is 16.9. The number of benzene rings is 1. The van der Waals surface area contributed by atoms with Gasteiger partial charge in [0.2, 0.25) is 0 Å². The van der Waals surface area contributed by atoms with Gasteiger partial charge in [0, 0.05) is 48.8 Å². The Morgan fingerprint density at radius 2 is 2.00 bits per heavy atom. The summed E-state index contributed by atoms with van der Waals surface area (Å²) in [4.78, 5) is 22.3. The van der Waals surface area contributed by atoms with Gasteiger partial charge in [0.1, 0.15) is 6.33 Å². The molecular formula is C27H35N7O. The van der Waals surface area contributed by atoms with Crippen LogP contribution in [0.4, 0.5) is 4.79 Å². The molecule has 184 valence electrons. The second-order valence-corrected chi connectivity index (χ2v) is 9.98. The molecule has 0 spiro atoms. The first-order valence-corrected chi connectivity index (χ1v) is 12.6. The molecule has 8 nitrogen and oxygen atoms in total. The van der Waals surface area contributed by atoms with Gasteiger partial charge in [0.15, 0.2) is 5.65 Å². The molecule has 1 aliphatic rings. The van der Waals surface area contributed by atoms with E-state index in [-0.39, 0.29) is 6.03 Å². The van der Waals surface area contributed by atoms with Crippen molar-refractivity contribution in [3.05, 3.63) is 53.0 Å². The fourth-order valence-electron chi connectivity index (χ4n) is 5.46. The fraction of sp³-hybridized carbons (Fsp3) is 0.444. The van der Waals surface area contributed by atoms with Crippen LogP contribution in [0, 0.1) is 13.8 Å². The van der Waals surface area contributed by atoms with Crippen molar-refractivity contribution in [2.75, 3.05) is 26.2 Å². The molecule has 2 amide bonds. The lowest BCUT2D eigenvalue weighted by atomic mass is 9.87. The maximum absolute atomic E-state index is 12.3. The third kappa shape index (κ3) is 4.16. The molecule has 4 aromatic rings. The molecule has 0 radical (unpaired) electrons. The van der Waals surface area contributed by atoms with Crippen LogP contribution >= 0.6 is 0 Å². The first kappa shape index (κ1) is 23.4. The third-order valence-corrected chi connectivity index (χ3v) is 7.51. The number of carbonyl (C=O) groups is 1. The van der Waals surface area contributed by atoms with Crippen LogP contribution in [0.25, 0.3) is 27.8 Å². The number of rotatable bonds is 5. The summed E-state index contributed by atoms with van der Waals surface area (Å²) in [5, 5.41) is 8.57. The molecule has 3 aromatic heterocycles. The van der Waals surface area contributed by atoms with Crippen molar-refractivity contribution in [1.82, 2.24) is 29.8 Å². The summed E-state index contributed by atoms with van der Waals surface area (Å²) in [7, 11) is 0. The fourth-order valence-corrected chi connectivity index (χ4v) is 5.46. The molecule has 1 fully saturated rings. The van der Waals surface area contributed by atoms with Crippen LogP contribution in [-0.4, -0.2) is 56.7 Å². The number of urea groups is 1. The second-order valence-electron chi connectivity index (χ2n) is 9.98. The van der Waals surface area contributed by atoms with Crippen molar-refractivity contribution in [2.45, 2.75) is 52.4 Å². The van der Waals surface area contributed by atoms with Crippen molar-refractivity contribution in [3.8, 4) is 11.3 Å². The maximum Gasteiger partial charge on any atom is 0.317 e. The Hall–Kier alpha value is -3.39. The number of likely N-dealkylation sites (tertiary alicyclic amines) is 1. The number of carbonyl (C=O) groups excluding carboxylic acids is 1. The van der Waals surface area contributed by atoms with E-state index in [1.807, 2.05) is 9.42 Å². The van der Waals surface area contributed by atoms with Crippen LogP contribution in [0.2, 0.25) is 0 Å². The predicted octanol–water partition coefficient (Wildman–Crippen LogP) is 4.47. The van der Waals surface area contributed by atoms with Gasteiger partial charge < -0.3 is 20.9 Å². The Kier molecular flexibility index (Phi) is 6.23. The minimum absolute atomic E-state index is 0.00302. The van der Waals surface area contributed by atoms with Gasteiger partial charge in [-0.25, -0.2) is 14.3 Å². The van der Waals surface area contributed by atoms with E-state index in [0.717, 1.165) is 48.4 Å². The number of amides is 2. The van der Waals surface area contributed by atoms with Gasteiger partial charge in [0.25, 0.3) is 0 Å². The van der Waals surface area contributed by atoms with Crippen LogP contribution in [0.5, 0.6) is 0 Å². The minimum Gasteiger partial charge on any atom is -0.354 e. The zero-order chi connectivity index (χ0) is 24.7. The summed E-state index contributed by atoms with van der Waals surface area (Å²) < 4.78 is 1.87. The largest absolute Gasteiger partial charge is 0.354 e. The molecule has 1 aliphatic heterocycles. The number of hydrogen-bond donors (Lipinski definition) is 3. The number of aromatic amines is 1. The monoisotopic (exact) mass is 473 g/mol. The minimum atomic E-state index is -0.00302. The standard InChI is InChI=1S/C27H35N7O/c1-16(2)24-21-13-20(19-7-11-33(12-8-19)27(35)29-10-9-28)5-6-23(21)32-25(24)22-14-34-26(30-15-31-34)18(4)17(22)3/h5-6,13-16,19,32H,7-12,28H2,1-4H3,(H,29,35). The van der Waals surface area contributed by atoms with Gasteiger partial charge in [0.05, 0.1) is 5.69 Å². The van der Waals surface area contributed by atoms with E-state index < -0.39 is 0 Å². The molecule has 35 heavy (non-hydrogen) atoms. The zero-order valence-corrected chi connectivity index (χ0v) is 21.1. The number of nitrogens with two attached hydrogens (primary N) is 1. The number of pyridine rings is 1. The Balaban J connectivity index is 1.49. The number of nitrogens with zero attached hydrogens (tertiary/aromatic N) is 4. The molecule has 0 atom stereocenters. The number of nitrogens with one attached hydrogen (secondary N) is 2. The second kappa shape index (κ2) is 9.34. The number of aryl methyl sites for hydroxylation is 1. The summed E-state index contributed by atoms with van der Waals surface area (Å²) in [5.74, 6) is 0.806. The average molecular weight is 474 g/mol. The third-order valence-electron chi connectivity index (χ3n) is 7.51. The summed E-state index contributed by atoms with van der Waals surface area (Å²) in [6, 6.07) is 6.84. The van der Waals surface area contributed by atoms with Crippen molar-refractivity contribution < 1.29 is 4.79 Å². The molecule has 0 saturated carbocycles. The van der Waals surface area contributed by atoms with Crippen molar-refractivity contribution in [2.24, 2.45) is 5.73 Å². The van der Waals surface area contributed by atoms with E-state index in [9.17, 15) is 4.79 Å².